The Morgan fingerprint density at radius 2 is 1.85 bits per heavy atom. The van der Waals surface area contributed by atoms with Gasteiger partial charge in [-0.3, -0.25) is 9.55 Å². The minimum absolute atomic E-state index is 0.0125. The Bertz CT molecular complexity index is 1030. The molecule has 1 fully saturated rings. The number of ether oxygens (including phenoxy) is 1. The first-order valence-corrected chi connectivity index (χ1v) is 11.1. The number of methoxy groups -OCH3 is 1. The van der Waals surface area contributed by atoms with Crippen molar-refractivity contribution < 1.29 is 13.2 Å². The number of aromatic nitrogens is 4. The first kappa shape index (κ1) is 18.0. The molecule has 27 heavy (non-hydrogen) atoms. The molecule has 1 aliphatic rings. The van der Waals surface area contributed by atoms with Crippen molar-refractivity contribution in [2.45, 2.75) is 16.8 Å². The van der Waals surface area contributed by atoms with E-state index in [1.54, 1.807) is 19.5 Å². The zero-order valence-corrected chi connectivity index (χ0v) is 16.3. The average Bonchev–Trinajstić information content (AvgIpc) is 3.25. The molecule has 0 bridgehead atoms. The van der Waals surface area contributed by atoms with Crippen LogP contribution < -0.4 is 4.74 Å². The van der Waals surface area contributed by atoms with Crippen LogP contribution in [0.3, 0.4) is 0 Å². The van der Waals surface area contributed by atoms with E-state index in [0.717, 1.165) is 17.0 Å². The summed E-state index contributed by atoms with van der Waals surface area (Å²) < 4.78 is 30.8. The lowest BCUT2D eigenvalue weighted by molar-refractivity contribution is 0.414. The number of nitrogens with zero attached hydrogens (tertiary/aromatic N) is 4. The molecule has 140 valence electrons. The summed E-state index contributed by atoms with van der Waals surface area (Å²) in [6.07, 6.45) is 4.05. The lowest BCUT2D eigenvalue weighted by Crippen LogP contribution is -2.08. The average molecular weight is 403 g/mol. The maximum Gasteiger partial charge on any atom is 0.196 e. The molecule has 0 saturated carbocycles. The normalized spacial score (nSPS) is 18.5. The molecule has 9 heteroatoms. The predicted octanol–water partition coefficient (Wildman–Crippen LogP) is 2.62. The lowest BCUT2D eigenvalue weighted by atomic mass is 10.2. The van der Waals surface area contributed by atoms with Gasteiger partial charge in [-0.1, -0.05) is 11.8 Å². The van der Waals surface area contributed by atoms with Crippen molar-refractivity contribution >= 4 is 21.6 Å². The Labute approximate surface area is 161 Å². The van der Waals surface area contributed by atoms with Crippen molar-refractivity contribution in [2.24, 2.45) is 0 Å². The van der Waals surface area contributed by atoms with Gasteiger partial charge in [0.25, 0.3) is 0 Å². The van der Waals surface area contributed by atoms with E-state index in [1.165, 1.54) is 11.8 Å². The zero-order chi connectivity index (χ0) is 18.9. The first-order valence-electron chi connectivity index (χ1n) is 8.43. The fraction of sp³-hybridized carbons (Fsp3) is 0.278. The van der Waals surface area contributed by atoms with Crippen LogP contribution in [0.1, 0.15) is 6.42 Å². The van der Waals surface area contributed by atoms with Crippen molar-refractivity contribution in [1.29, 1.82) is 0 Å². The molecule has 1 saturated heterocycles. The van der Waals surface area contributed by atoms with Gasteiger partial charge >= 0.3 is 0 Å². The molecule has 1 atom stereocenters. The van der Waals surface area contributed by atoms with E-state index >= 15 is 0 Å². The molecule has 3 heterocycles. The number of pyridine rings is 1. The van der Waals surface area contributed by atoms with Crippen molar-refractivity contribution in [3.05, 3.63) is 48.8 Å². The van der Waals surface area contributed by atoms with Gasteiger partial charge in [0, 0.05) is 28.9 Å². The summed E-state index contributed by atoms with van der Waals surface area (Å²) in [4.78, 5) is 4.06. The minimum Gasteiger partial charge on any atom is -0.497 e. The van der Waals surface area contributed by atoms with Gasteiger partial charge in [0.15, 0.2) is 20.8 Å². The second-order valence-corrected chi connectivity index (χ2v) is 9.71. The number of hydrogen-bond donors (Lipinski definition) is 0. The summed E-state index contributed by atoms with van der Waals surface area (Å²) in [5.41, 5.74) is 1.77. The van der Waals surface area contributed by atoms with E-state index < -0.39 is 9.84 Å². The highest BCUT2D eigenvalue weighted by atomic mass is 32.2. The van der Waals surface area contributed by atoms with Gasteiger partial charge < -0.3 is 4.74 Å². The number of benzene rings is 1. The Morgan fingerprint density at radius 1 is 1.11 bits per heavy atom. The second kappa shape index (κ2) is 7.32. The fourth-order valence-corrected chi connectivity index (χ4v) is 6.51. The molecule has 1 aromatic carbocycles. The topological polar surface area (TPSA) is 87.0 Å². The van der Waals surface area contributed by atoms with Gasteiger partial charge in [-0.05, 0) is 42.8 Å². The van der Waals surface area contributed by atoms with Gasteiger partial charge in [-0.25, -0.2) is 8.42 Å². The predicted molar refractivity (Wildman–Crippen MR) is 104 cm³/mol. The van der Waals surface area contributed by atoms with Gasteiger partial charge in [0.05, 0.1) is 18.6 Å². The summed E-state index contributed by atoms with van der Waals surface area (Å²) in [6, 6.07) is 11.4. The van der Waals surface area contributed by atoms with Crippen molar-refractivity contribution in [3.8, 4) is 22.8 Å². The van der Waals surface area contributed by atoms with Gasteiger partial charge in [0.1, 0.15) is 5.75 Å². The maximum atomic E-state index is 11.8. The summed E-state index contributed by atoms with van der Waals surface area (Å²) in [7, 11) is -1.33. The molecule has 3 aromatic rings. The minimum atomic E-state index is -2.95. The molecule has 0 N–H and O–H groups in total. The van der Waals surface area contributed by atoms with E-state index in [0.29, 0.717) is 17.4 Å². The second-order valence-electron chi connectivity index (χ2n) is 6.22. The van der Waals surface area contributed by atoms with Crippen molar-refractivity contribution in [1.82, 2.24) is 19.7 Å². The molecule has 1 aliphatic heterocycles. The Kier molecular flexibility index (Phi) is 4.88. The van der Waals surface area contributed by atoms with Crippen LogP contribution in [-0.4, -0.2) is 52.0 Å². The monoisotopic (exact) mass is 402 g/mol. The van der Waals surface area contributed by atoms with E-state index in [4.69, 9.17) is 4.74 Å². The third kappa shape index (κ3) is 3.84. The molecule has 0 radical (unpaired) electrons. The molecule has 7 nitrogen and oxygen atoms in total. The van der Waals surface area contributed by atoms with Crippen LogP contribution in [0.5, 0.6) is 5.75 Å². The van der Waals surface area contributed by atoms with E-state index in [1.807, 2.05) is 41.0 Å². The van der Waals surface area contributed by atoms with Crippen LogP contribution in [0.15, 0.2) is 53.9 Å². The SMILES string of the molecule is COc1ccc(-n2c(SC3CCS(=O)(=O)C3)nnc2-c2ccncc2)cc1. The highest BCUT2D eigenvalue weighted by Crippen LogP contribution is 2.34. The molecule has 0 amide bonds. The standard InChI is InChI=1S/C18H18N4O3S2/c1-25-15-4-2-14(3-5-15)22-17(13-6-9-19-10-7-13)20-21-18(22)26-16-8-11-27(23,24)12-16/h2-7,9-10,16H,8,11-12H2,1H3. The maximum absolute atomic E-state index is 11.8. The number of sulfone groups is 1. The van der Waals surface area contributed by atoms with Crippen molar-refractivity contribution in [3.63, 3.8) is 0 Å². The molecule has 4 rings (SSSR count). The van der Waals surface area contributed by atoms with Gasteiger partial charge in [-0.15, -0.1) is 10.2 Å². The molecular formula is C18H18N4O3S2. The molecule has 0 spiro atoms. The number of thioether (sulfide) groups is 1. The summed E-state index contributed by atoms with van der Waals surface area (Å²) in [6.45, 7) is 0. The third-order valence-corrected chi connectivity index (χ3v) is 7.55. The Morgan fingerprint density at radius 3 is 2.48 bits per heavy atom. The lowest BCUT2D eigenvalue weighted by Gasteiger charge is -2.12. The van der Waals surface area contributed by atoms with Crippen molar-refractivity contribution in [2.75, 3.05) is 18.6 Å². The third-order valence-electron chi connectivity index (χ3n) is 4.37. The molecule has 1 unspecified atom stereocenters. The van der Waals surface area contributed by atoms with E-state index in [-0.39, 0.29) is 16.8 Å². The smallest absolute Gasteiger partial charge is 0.196 e. The van der Waals surface area contributed by atoms with Crippen LogP contribution >= 0.6 is 11.8 Å². The van der Waals surface area contributed by atoms with Gasteiger partial charge in [-0.2, -0.15) is 0 Å². The summed E-state index contributed by atoms with van der Waals surface area (Å²) in [5.74, 6) is 1.86. The highest BCUT2D eigenvalue weighted by molar-refractivity contribution is 8.01. The van der Waals surface area contributed by atoms with Crippen LogP contribution in [0.4, 0.5) is 0 Å². The van der Waals surface area contributed by atoms with E-state index in [2.05, 4.69) is 15.2 Å². The van der Waals surface area contributed by atoms with E-state index in [9.17, 15) is 8.42 Å². The quantitative estimate of drug-likeness (QED) is 0.648. The van der Waals surface area contributed by atoms with Crippen LogP contribution in [-0.2, 0) is 9.84 Å². The van der Waals surface area contributed by atoms with Gasteiger partial charge in [0.2, 0.25) is 0 Å². The number of rotatable bonds is 5. The Balaban J connectivity index is 1.76. The zero-order valence-electron chi connectivity index (χ0n) is 14.6. The largest absolute Gasteiger partial charge is 0.497 e. The number of hydrogen-bond acceptors (Lipinski definition) is 7. The molecule has 0 aliphatic carbocycles. The first-order chi connectivity index (χ1) is 13.1. The summed E-state index contributed by atoms with van der Waals surface area (Å²) >= 11 is 1.46. The molecular weight excluding hydrogens is 384 g/mol. The van der Waals surface area contributed by atoms with Crippen LogP contribution in [0.25, 0.3) is 17.1 Å². The summed E-state index contributed by atoms with van der Waals surface area (Å²) in [5, 5.41) is 9.38. The highest BCUT2D eigenvalue weighted by Gasteiger charge is 2.30. The fourth-order valence-electron chi connectivity index (χ4n) is 3.00. The molecule has 2 aromatic heterocycles. The van der Waals surface area contributed by atoms with Crippen LogP contribution in [0.2, 0.25) is 0 Å². The van der Waals surface area contributed by atoms with Crippen LogP contribution in [0, 0.1) is 0 Å². The Hall–Kier alpha value is -2.39.